The Morgan fingerprint density at radius 3 is 2.49 bits per heavy atom. The fraction of sp³-hybridized carbons (Fsp3) is 0.464. The number of hydrogen-bond donors (Lipinski definition) is 0. The number of likely N-dealkylation sites (tertiary alicyclic amines) is 1. The molecular weight excluding hydrogens is 440 g/mol. The number of Topliss-reactive ketones (excluding diaryl/α,β-unsaturated/α-hetero) is 1. The Bertz CT molecular complexity index is 1130. The Labute approximate surface area is 206 Å². The van der Waals surface area contributed by atoms with Crippen LogP contribution in [0.1, 0.15) is 30.0 Å². The summed E-state index contributed by atoms with van der Waals surface area (Å²) in [5, 5.41) is 0. The van der Waals surface area contributed by atoms with E-state index in [1.807, 2.05) is 39.8 Å². The van der Waals surface area contributed by atoms with Gasteiger partial charge in [-0.05, 0) is 24.0 Å². The number of ketones is 1. The molecule has 4 heterocycles. The van der Waals surface area contributed by atoms with E-state index in [4.69, 9.17) is 0 Å². The molecule has 0 N–H and O–H groups in total. The molecule has 7 heteroatoms. The van der Waals surface area contributed by atoms with Crippen LogP contribution < -0.4 is 5.56 Å². The second kappa shape index (κ2) is 10.7. The first kappa shape index (κ1) is 23.7. The van der Waals surface area contributed by atoms with Crippen LogP contribution >= 0.6 is 0 Å². The van der Waals surface area contributed by atoms with Crippen LogP contribution in [-0.2, 0) is 16.1 Å². The van der Waals surface area contributed by atoms with E-state index in [0.717, 1.165) is 51.4 Å². The van der Waals surface area contributed by atoms with Crippen LogP contribution in [0.5, 0.6) is 0 Å². The lowest BCUT2D eigenvalue weighted by atomic mass is 9.83. The van der Waals surface area contributed by atoms with Gasteiger partial charge in [-0.3, -0.25) is 24.2 Å². The SMILES string of the molecule is O=C(CC(=O)N1CCN(CC=Cc2ccccc2)CC1)CN1CC2CC(C1)c1cccc(=O)n1C2. The molecule has 2 unspecified atom stereocenters. The molecule has 35 heavy (non-hydrogen) atoms. The van der Waals surface area contributed by atoms with E-state index in [-0.39, 0.29) is 29.6 Å². The normalized spacial score (nSPS) is 22.8. The molecule has 0 radical (unpaired) electrons. The molecule has 1 amide bonds. The van der Waals surface area contributed by atoms with Gasteiger partial charge in [-0.1, -0.05) is 48.6 Å². The number of carbonyl (C=O) groups is 2. The van der Waals surface area contributed by atoms with Gasteiger partial charge < -0.3 is 9.47 Å². The Kier molecular flexibility index (Phi) is 7.25. The molecule has 2 saturated heterocycles. The lowest BCUT2D eigenvalue weighted by Crippen LogP contribution is -2.50. The smallest absolute Gasteiger partial charge is 0.250 e. The highest BCUT2D eigenvalue weighted by molar-refractivity contribution is 5.99. The van der Waals surface area contributed by atoms with Crippen molar-refractivity contribution in [2.75, 3.05) is 52.4 Å². The first-order valence-corrected chi connectivity index (χ1v) is 12.7. The highest BCUT2D eigenvalue weighted by Crippen LogP contribution is 2.34. The number of piperazine rings is 1. The standard InChI is InChI=1S/C28H34N4O3/c33-25(21-30-18-23-16-24(20-30)26-9-4-10-27(34)32(26)19-23)17-28(35)31-14-12-29(13-15-31)11-5-8-22-6-2-1-3-7-22/h1-10,23-24H,11-21H2. The van der Waals surface area contributed by atoms with Crippen molar-refractivity contribution in [3.8, 4) is 0 Å². The monoisotopic (exact) mass is 474 g/mol. The number of aromatic nitrogens is 1. The Morgan fingerprint density at radius 1 is 0.886 bits per heavy atom. The quantitative estimate of drug-likeness (QED) is 0.575. The van der Waals surface area contributed by atoms with Crippen molar-refractivity contribution in [3.63, 3.8) is 0 Å². The van der Waals surface area contributed by atoms with E-state index in [1.165, 1.54) is 5.56 Å². The zero-order valence-corrected chi connectivity index (χ0v) is 20.2. The third kappa shape index (κ3) is 5.80. The molecule has 0 saturated carbocycles. The predicted octanol–water partition coefficient (Wildman–Crippen LogP) is 2.08. The Hall–Kier alpha value is -3.03. The summed E-state index contributed by atoms with van der Waals surface area (Å²) in [4.78, 5) is 44.1. The molecule has 7 nitrogen and oxygen atoms in total. The Morgan fingerprint density at radius 2 is 1.69 bits per heavy atom. The summed E-state index contributed by atoms with van der Waals surface area (Å²) < 4.78 is 1.90. The zero-order valence-electron chi connectivity index (χ0n) is 20.2. The molecule has 3 aliphatic heterocycles. The summed E-state index contributed by atoms with van der Waals surface area (Å²) in [6, 6.07) is 15.7. The van der Waals surface area contributed by atoms with Gasteiger partial charge in [-0.15, -0.1) is 0 Å². The van der Waals surface area contributed by atoms with E-state index in [2.05, 4.69) is 34.1 Å². The number of rotatable bonds is 7. The van der Waals surface area contributed by atoms with Crippen LogP contribution in [-0.4, -0.2) is 83.3 Å². The van der Waals surface area contributed by atoms with Gasteiger partial charge in [-0.2, -0.15) is 0 Å². The van der Waals surface area contributed by atoms with Crippen molar-refractivity contribution in [1.29, 1.82) is 0 Å². The molecule has 2 bridgehead atoms. The van der Waals surface area contributed by atoms with Gasteiger partial charge >= 0.3 is 0 Å². The van der Waals surface area contributed by atoms with Crippen LogP contribution in [0.4, 0.5) is 0 Å². The zero-order chi connectivity index (χ0) is 24.2. The van der Waals surface area contributed by atoms with Gasteiger partial charge in [0.25, 0.3) is 5.56 Å². The summed E-state index contributed by atoms with van der Waals surface area (Å²) in [5.74, 6) is 0.606. The molecule has 0 aliphatic carbocycles. The van der Waals surface area contributed by atoms with Gasteiger partial charge in [0.2, 0.25) is 5.91 Å². The van der Waals surface area contributed by atoms with Crippen LogP contribution in [0.25, 0.3) is 6.08 Å². The molecular formula is C28H34N4O3. The number of amides is 1. The molecule has 2 atom stereocenters. The van der Waals surface area contributed by atoms with Gasteiger partial charge in [0, 0.05) is 70.0 Å². The third-order valence-corrected chi connectivity index (χ3v) is 7.50. The highest BCUT2D eigenvalue weighted by atomic mass is 16.2. The maximum Gasteiger partial charge on any atom is 0.250 e. The minimum Gasteiger partial charge on any atom is -0.340 e. The number of benzene rings is 1. The molecule has 1 aromatic carbocycles. The summed E-state index contributed by atoms with van der Waals surface area (Å²) in [5.41, 5.74) is 2.34. The lowest BCUT2D eigenvalue weighted by Gasteiger charge is -2.42. The van der Waals surface area contributed by atoms with Gasteiger partial charge in [0.05, 0.1) is 13.0 Å². The first-order chi connectivity index (χ1) is 17.0. The topological polar surface area (TPSA) is 65.9 Å². The van der Waals surface area contributed by atoms with Crippen molar-refractivity contribution >= 4 is 17.8 Å². The summed E-state index contributed by atoms with van der Waals surface area (Å²) >= 11 is 0. The molecule has 0 spiro atoms. The predicted molar refractivity (Wildman–Crippen MR) is 136 cm³/mol. The maximum atomic E-state index is 12.8. The molecule has 2 fully saturated rings. The largest absolute Gasteiger partial charge is 0.340 e. The first-order valence-electron chi connectivity index (χ1n) is 12.7. The van der Waals surface area contributed by atoms with E-state index < -0.39 is 0 Å². The third-order valence-electron chi connectivity index (χ3n) is 7.50. The highest BCUT2D eigenvalue weighted by Gasteiger charge is 2.35. The van der Waals surface area contributed by atoms with E-state index in [1.54, 1.807) is 6.07 Å². The Balaban J connectivity index is 1.06. The van der Waals surface area contributed by atoms with Crippen LogP contribution in [0.2, 0.25) is 0 Å². The molecule has 2 aromatic rings. The maximum absolute atomic E-state index is 12.8. The fourth-order valence-electron chi connectivity index (χ4n) is 5.79. The molecule has 3 aliphatic rings. The van der Waals surface area contributed by atoms with Crippen LogP contribution in [0, 0.1) is 5.92 Å². The average Bonchev–Trinajstić information content (AvgIpc) is 2.86. The number of piperidine rings is 1. The van der Waals surface area contributed by atoms with Crippen LogP contribution in [0.3, 0.4) is 0 Å². The second-order valence-electron chi connectivity index (χ2n) is 10.1. The van der Waals surface area contributed by atoms with Crippen molar-refractivity contribution in [2.45, 2.75) is 25.3 Å². The minimum absolute atomic E-state index is 0.00588. The van der Waals surface area contributed by atoms with Crippen molar-refractivity contribution in [3.05, 3.63) is 76.2 Å². The summed E-state index contributed by atoms with van der Waals surface area (Å²) in [6.45, 7) is 6.49. The van der Waals surface area contributed by atoms with E-state index in [0.29, 0.717) is 25.6 Å². The minimum atomic E-state index is -0.0522. The molecule has 184 valence electrons. The van der Waals surface area contributed by atoms with E-state index >= 15 is 0 Å². The number of fused-ring (bicyclic) bond motifs is 4. The number of hydrogen-bond acceptors (Lipinski definition) is 5. The van der Waals surface area contributed by atoms with E-state index in [9.17, 15) is 14.4 Å². The van der Waals surface area contributed by atoms with Crippen molar-refractivity contribution in [1.82, 2.24) is 19.3 Å². The fourth-order valence-corrected chi connectivity index (χ4v) is 5.79. The number of carbonyl (C=O) groups excluding carboxylic acids is 2. The molecule has 1 aromatic heterocycles. The van der Waals surface area contributed by atoms with Crippen molar-refractivity contribution < 1.29 is 9.59 Å². The van der Waals surface area contributed by atoms with Crippen LogP contribution in [0.15, 0.2) is 59.4 Å². The van der Waals surface area contributed by atoms with Crippen molar-refractivity contribution in [2.24, 2.45) is 5.92 Å². The summed E-state index contributed by atoms with van der Waals surface area (Å²) in [7, 11) is 0. The van der Waals surface area contributed by atoms with Gasteiger partial charge in [-0.25, -0.2) is 0 Å². The average molecular weight is 475 g/mol. The lowest BCUT2D eigenvalue weighted by molar-refractivity contribution is -0.137. The summed E-state index contributed by atoms with van der Waals surface area (Å²) in [6.07, 6.45) is 5.34. The number of pyridine rings is 1. The van der Waals surface area contributed by atoms with Gasteiger partial charge in [0.1, 0.15) is 0 Å². The number of nitrogens with zero attached hydrogens (tertiary/aromatic N) is 4. The second-order valence-corrected chi connectivity index (χ2v) is 10.1. The van der Waals surface area contributed by atoms with Gasteiger partial charge in [0.15, 0.2) is 5.78 Å². The molecule has 5 rings (SSSR count).